The van der Waals surface area contributed by atoms with E-state index in [2.05, 4.69) is 23.5 Å². The molecule has 1 aromatic carbocycles. The molecule has 3 atom stereocenters. The molecule has 1 N–H and O–H groups in total. The van der Waals surface area contributed by atoms with Crippen molar-refractivity contribution < 1.29 is 9.53 Å². The fraction of sp³-hybridized carbons (Fsp3) is 0.438. The number of allylic oxidation sites excluding steroid dienone is 2. The third-order valence-electron chi connectivity index (χ3n) is 4.27. The Morgan fingerprint density at radius 3 is 3.05 bits per heavy atom. The molecule has 3 rings (SSSR count). The number of esters is 1. The average Bonchev–Trinajstić information content (AvgIpc) is 2.91. The molecule has 0 amide bonds. The number of rotatable bonds is 2. The van der Waals surface area contributed by atoms with E-state index in [1.807, 2.05) is 19.9 Å². The first-order chi connectivity index (χ1) is 9.63. The SMILES string of the molecule is CCOC(=O)[C@@H]1Nc2c(ccc(Cl)c2C)[C@H]2C=CC[C@H]21. The second-order valence-electron chi connectivity index (χ2n) is 5.36. The van der Waals surface area contributed by atoms with E-state index in [0.29, 0.717) is 6.61 Å². The van der Waals surface area contributed by atoms with E-state index in [1.165, 1.54) is 5.56 Å². The number of anilines is 1. The maximum Gasteiger partial charge on any atom is 0.328 e. The topological polar surface area (TPSA) is 38.3 Å². The molecule has 1 aliphatic heterocycles. The van der Waals surface area contributed by atoms with Crippen molar-refractivity contribution in [3.05, 3.63) is 40.4 Å². The third kappa shape index (κ3) is 2.01. The Balaban J connectivity index is 2.03. The number of halogens is 1. The molecule has 0 saturated carbocycles. The van der Waals surface area contributed by atoms with Crippen LogP contribution in [0.25, 0.3) is 0 Å². The summed E-state index contributed by atoms with van der Waals surface area (Å²) in [6.45, 7) is 4.22. The monoisotopic (exact) mass is 291 g/mol. The van der Waals surface area contributed by atoms with Gasteiger partial charge in [-0.2, -0.15) is 0 Å². The Labute approximate surface area is 124 Å². The summed E-state index contributed by atoms with van der Waals surface area (Å²) in [6, 6.07) is 3.71. The van der Waals surface area contributed by atoms with Crippen molar-refractivity contribution in [1.29, 1.82) is 0 Å². The molecular formula is C16H18ClNO2. The first-order valence-electron chi connectivity index (χ1n) is 7.02. The van der Waals surface area contributed by atoms with Gasteiger partial charge in [-0.3, -0.25) is 0 Å². The molecule has 106 valence electrons. The largest absolute Gasteiger partial charge is 0.464 e. The summed E-state index contributed by atoms with van der Waals surface area (Å²) < 4.78 is 5.21. The van der Waals surface area contributed by atoms with Gasteiger partial charge in [0.15, 0.2) is 0 Å². The van der Waals surface area contributed by atoms with Crippen LogP contribution >= 0.6 is 11.6 Å². The Bertz CT molecular complexity index is 582. The van der Waals surface area contributed by atoms with Crippen molar-refractivity contribution in [2.24, 2.45) is 5.92 Å². The van der Waals surface area contributed by atoms with E-state index in [-0.39, 0.29) is 23.8 Å². The molecule has 0 bridgehead atoms. The average molecular weight is 292 g/mol. The van der Waals surface area contributed by atoms with Crippen LogP contribution in [-0.4, -0.2) is 18.6 Å². The molecule has 1 aliphatic carbocycles. The van der Waals surface area contributed by atoms with Crippen LogP contribution in [0.4, 0.5) is 5.69 Å². The van der Waals surface area contributed by atoms with Gasteiger partial charge in [0.2, 0.25) is 0 Å². The minimum atomic E-state index is -0.292. The quantitative estimate of drug-likeness (QED) is 0.667. The van der Waals surface area contributed by atoms with Gasteiger partial charge in [-0.15, -0.1) is 0 Å². The molecule has 0 saturated heterocycles. The maximum absolute atomic E-state index is 12.2. The standard InChI is InChI=1S/C16H18ClNO2/c1-3-20-16(19)15-11-6-4-5-10(11)12-7-8-13(17)9(2)14(12)18-15/h4-5,7-8,10-11,15,18H,3,6H2,1-2H3/t10-,11+,15+/m0/s1. The van der Waals surface area contributed by atoms with Crippen LogP contribution in [0.15, 0.2) is 24.3 Å². The highest BCUT2D eigenvalue weighted by Crippen LogP contribution is 2.46. The highest BCUT2D eigenvalue weighted by atomic mass is 35.5. The van der Waals surface area contributed by atoms with E-state index in [4.69, 9.17) is 16.3 Å². The lowest BCUT2D eigenvalue weighted by Gasteiger charge is -2.36. The lowest BCUT2D eigenvalue weighted by Crippen LogP contribution is -2.43. The molecule has 4 heteroatoms. The van der Waals surface area contributed by atoms with Crippen molar-refractivity contribution in [2.45, 2.75) is 32.2 Å². The van der Waals surface area contributed by atoms with Crippen LogP contribution < -0.4 is 5.32 Å². The van der Waals surface area contributed by atoms with E-state index < -0.39 is 0 Å². The zero-order valence-corrected chi connectivity index (χ0v) is 12.4. The van der Waals surface area contributed by atoms with Gasteiger partial charge in [0.1, 0.15) is 6.04 Å². The summed E-state index contributed by atoms with van der Waals surface area (Å²) in [5.74, 6) is 0.343. The van der Waals surface area contributed by atoms with Gasteiger partial charge in [-0.1, -0.05) is 29.8 Å². The van der Waals surface area contributed by atoms with Crippen molar-refractivity contribution >= 4 is 23.3 Å². The van der Waals surface area contributed by atoms with Crippen LogP contribution in [0.2, 0.25) is 5.02 Å². The number of nitrogens with one attached hydrogen (secondary N) is 1. The molecule has 0 spiro atoms. The summed E-state index contributed by atoms with van der Waals surface area (Å²) in [4.78, 5) is 12.2. The number of carbonyl (C=O) groups excluding carboxylic acids is 1. The predicted octanol–water partition coefficient (Wildman–Crippen LogP) is 3.67. The molecule has 20 heavy (non-hydrogen) atoms. The van der Waals surface area contributed by atoms with Crippen molar-refractivity contribution in [1.82, 2.24) is 0 Å². The number of carbonyl (C=O) groups is 1. The fourth-order valence-corrected chi connectivity index (χ4v) is 3.41. The second-order valence-corrected chi connectivity index (χ2v) is 5.77. The summed E-state index contributed by atoms with van der Waals surface area (Å²) in [5, 5.41) is 4.08. The lowest BCUT2D eigenvalue weighted by molar-refractivity contribution is -0.145. The lowest BCUT2D eigenvalue weighted by atomic mass is 9.78. The third-order valence-corrected chi connectivity index (χ3v) is 4.68. The van der Waals surface area contributed by atoms with Crippen LogP contribution in [-0.2, 0) is 9.53 Å². The van der Waals surface area contributed by atoms with Gasteiger partial charge < -0.3 is 10.1 Å². The molecule has 2 aliphatic rings. The van der Waals surface area contributed by atoms with Gasteiger partial charge >= 0.3 is 5.97 Å². The number of hydrogen-bond donors (Lipinski definition) is 1. The van der Waals surface area contributed by atoms with Crippen LogP contribution in [0.3, 0.4) is 0 Å². The zero-order chi connectivity index (χ0) is 14.3. The van der Waals surface area contributed by atoms with Crippen LogP contribution in [0.5, 0.6) is 0 Å². The highest BCUT2D eigenvalue weighted by molar-refractivity contribution is 6.31. The molecule has 0 fully saturated rings. The number of hydrogen-bond acceptors (Lipinski definition) is 3. The first kappa shape index (κ1) is 13.5. The molecule has 1 aromatic rings. The zero-order valence-electron chi connectivity index (χ0n) is 11.7. The molecule has 0 radical (unpaired) electrons. The van der Waals surface area contributed by atoms with Crippen LogP contribution in [0.1, 0.15) is 30.4 Å². The smallest absolute Gasteiger partial charge is 0.328 e. The maximum atomic E-state index is 12.2. The number of ether oxygens (including phenoxy) is 1. The molecule has 0 aromatic heterocycles. The summed E-state index contributed by atoms with van der Waals surface area (Å²) >= 11 is 6.20. The van der Waals surface area contributed by atoms with Gasteiger partial charge in [-0.25, -0.2) is 4.79 Å². The van der Waals surface area contributed by atoms with Gasteiger partial charge in [0.05, 0.1) is 6.61 Å². The van der Waals surface area contributed by atoms with E-state index in [0.717, 1.165) is 22.7 Å². The van der Waals surface area contributed by atoms with Crippen molar-refractivity contribution in [2.75, 3.05) is 11.9 Å². The Morgan fingerprint density at radius 2 is 2.30 bits per heavy atom. The molecule has 0 unspecified atom stereocenters. The van der Waals surface area contributed by atoms with E-state index in [1.54, 1.807) is 0 Å². The normalized spacial score (nSPS) is 26.6. The van der Waals surface area contributed by atoms with Crippen LogP contribution in [0, 0.1) is 12.8 Å². The van der Waals surface area contributed by atoms with E-state index >= 15 is 0 Å². The summed E-state index contributed by atoms with van der Waals surface area (Å²) in [6.07, 6.45) is 5.26. The second kappa shape index (κ2) is 5.13. The summed E-state index contributed by atoms with van der Waals surface area (Å²) in [7, 11) is 0. The molecule has 1 heterocycles. The minimum Gasteiger partial charge on any atom is -0.464 e. The van der Waals surface area contributed by atoms with Gasteiger partial charge in [0, 0.05) is 22.5 Å². The van der Waals surface area contributed by atoms with Gasteiger partial charge in [0.25, 0.3) is 0 Å². The summed E-state index contributed by atoms with van der Waals surface area (Å²) in [5.41, 5.74) is 3.21. The number of fused-ring (bicyclic) bond motifs is 3. The highest BCUT2D eigenvalue weighted by Gasteiger charge is 2.42. The van der Waals surface area contributed by atoms with Crippen molar-refractivity contribution in [3.8, 4) is 0 Å². The van der Waals surface area contributed by atoms with Gasteiger partial charge in [-0.05, 0) is 37.5 Å². The Kier molecular flexibility index (Phi) is 3.47. The first-order valence-corrected chi connectivity index (χ1v) is 7.40. The predicted molar refractivity (Wildman–Crippen MR) is 80.2 cm³/mol. The molecular weight excluding hydrogens is 274 g/mol. The fourth-order valence-electron chi connectivity index (χ4n) is 3.25. The minimum absolute atomic E-state index is 0.170. The van der Waals surface area contributed by atoms with E-state index in [9.17, 15) is 4.79 Å². The molecule has 3 nitrogen and oxygen atoms in total. The Morgan fingerprint density at radius 1 is 1.50 bits per heavy atom. The number of benzene rings is 1. The Hall–Kier alpha value is -1.48. The van der Waals surface area contributed by atoms with Crippen molar-refractivity contribution in [3.63, 3.8) is 0 Å².